The summed E-state index contributed by atoms with van der Waals surface area (Å²) in [6.45, 7) is -2.89. The quantitative estimate of drug-likeness (QED) is 0.112. The molecule has 3 heterocycles. The fraction of sp³-hybridized carbons (Fsp3) is 0.952. The van der Waals surface area contributed by atoms with E-state index in [-0.39, 0.29) is 0 Å². The van der Waals surface area contributed by atoms with Crippen LogP contribution in [0.15, 0.2) is 0 Å². The first-order valence-electron chi connectivity index (χ1n) is 12.3. The Morgan fingerprint density at radius 1 is 0.950 bits per heavy atom. The lowest BCUT2D eigenvalue weighted by Crippen LogP contribution is -2.70. The first-order valence-corrected chi connectivity index (χ1v) is 12.3. The number of carboxylic acids is 1. The van der Waals surface area contributed by atoms with Gasteiger partial charge in [0.1, 0.15) is 67.1 Å². The van der Waals surface area contributed by atoms with Crippen molar-refractivity contribution < 1.29 is 89.0 Å². The van der Waals surface area contributed by atoms with Crippen LogP contribution in [0.5, 0.6) is 0 Å². The first kappa shape index (κ1) is 33.3. The van der Waals surface area contributed by atoms with E-state index < -0.39 is 130 Å². The number of hydrogen-bond acceptors (Lipinski definition) is 17. The lowest BCUT2D eigenvalue weighted by atomic mass is 9.88. The number of aliphatic carboxylic acids is 1. The number of hydrogen-bond donors (Lipinski definition) is 12. The molecule has 7 unspecified atom stereocenters. The van der Waals surface area contributed by atoms with Crippen molar-refractivity contribution in [3.63, 3.8) is 0 Å². The van der Waals surface area contributed by atoms with E-state index >= 15 is 0 Å². The molecule has 19 heteroatoms. The van der Waals surface area contributed by atoms with Crippen LogP contribution in [0.1, 0.15) is 6.42 Å². The van der Waals surface area contributed by atoms with Gasteiger partial charge in [-0.1, -0.05) is 0 Å². The third kappa shape index (κ3) is 6.39. The van der Waals surface area contributed by atoms with Gasteiger partial charge in [0.25, 0.3) is 5.79 Å². The highest BCUT2D eigenvalue weighted by Gasteiger charge is 2.59. The van der Waals surface area contributed by atoms with Gasteiger partial charge in [-0.3, -0.25) is 0 Å². The lowest BCUT2D eigenvalue weighted by molar-refractivity contribution is -0.382. The van der Waals surface area contributed by atoms with Crippen LogP contribution < -0.4 is 5.73 Å². The SMILES string of the molecule is N[C@H]1C([C@H](O)[C@H](O)CO)O[C@@](OC2C(O)[C@H](O[C@@H]3C(CO)O[C@H](F)C(O)C3O)OC(CO)[C@@H]2O)(C(=O)O)C[C@H]1O. The van der Waals surface area contributed by atoms with Crippen molar-refractivity contribution in [2.45, 2.75) is 104 Å². The molecule has 13 N–H and O–H groups in total. The van der Waals surface area contributed by atoms with Gasteiger partial charge in [-0.15, -0.1) is 0 Å². The molecule has 0 radical (unpaired) electrons. The zero-order valence-electron chi connectivity index (χ0n) is 20.8. The largest absolute Gasteiger partial charge is 0.477 e. The van der Waals surface area contributed by atoms with Gasteiger partial charge < -0.3 is 85.6 Å². The van der Waals surface area contributed by atoms with Gasteiger partial charge in [0.2, 0.25) is 6.36 Å². The Labute approximate surface area is 225 Å². The Morgan fingerprint density at radius 3 is 2.12 bits per heavy atom. The van der Waals surface area contributed by atoms with Gasteiger partial charge in [-0.2, -0.15) is 0 Å². The first-order chi connectivity index (χ1) is 18.7. The number of carbonyl (C=O) groups is 1. The lowest BCUT2D eigenvalue weighted by Gasteiger charge is -2.50. The van der Waals surface area contributed by atoms with E-state index in [0.717, 1.165) is 0 Å². The molecule has 0 saturated carbocycles. The number of nitrogens with two attached hydrogens (primary N) is 1. The summed E-state index contributed by atoms with van der Waals surface area (Å²) >= 11 is 0. The molecule has 3 saturated heterocycles. The Kier molecular flexibility index (Phi) is 11.1. The Morgan fingerprint density at radius 2 is 1.57 bits per heavy atom. The molecule has 18 nitrogen and oxygen atoms in total. The highest BCUT2D eigenvalue weighted by molar-refractivity contribution is 5.76. The average Bonchev–Trinajstić information content (AvgIpc) is 2.93. The topological polar surface area (TPSA) is 312 Å². The van der Waals surface area contributed by atoms with E-state index in [1.165, 1.54) is 0 Å². The van der Waals surface area contributed by atoms with E-state index in [1.807, 2.05) is 0 Å². The standard InChI is InChI=1S/C21H36FNO17/c22-18-13(32)12(31)15(8(4-26)36-18)38-19-14(33)17(11(30)7(3-25)37-19)40-21(20(34)35)1-5(27)9(23)16(39-21)10(29)6(28)2-24/h5-19,24-33H,1-4,23H2,(H,34,35)/t5-,6-,7?,8?,9-,10-,11+,12?,13?,14?,15-,16?,17?,18+,19+,21+/m1/s1. The van der Waals surface area contributed by atoms with Crippen molar-refractivity contribution in [3.05, 3.63) is 0 Å². The molecule has 0 aromatic rings. The van der Waals surface area contributed by atoms with Crippen molar-refractivity contribution in [2.75, 3.05) is 19.8 Å². The van der Waals surface area contributed by atoms with Crippen LogP contribution in [0.25, 0.3) is 0 Å². The second-order valence-corrected chi connectivity index (χ2v) is 9.81. The highest BCUT2D eigenvalue weighted by atomic mass is 19.1. The van der Waals surface area contributed by atoms with Gasteiger partial charge in [0, 0.05) is 6.42 Å². The molecule has 0 aromatic heterocycles. The van der Waals surface area contributed by atoms with E-state index in [4.69, 9.17) is 34.5 Å². The molecule has 234 valence electrons. The number of carboxylic acid groups (broad SMARTS) is 1. The van der Waals surface area contributed by atoms with Crippen molar-refractivity contribution in [3.8, 4) is 0 Å². The summed E-state index contributed by atoms with van der Waals surface area (Å²) in [5.74, 6) is -4.89. The summed E-state index contributed by atoms with van der Waals surface area (Å²) < 4.78 is 40.1. The normalized spacial score (nSPS) is 48.0. The molecule has 0 bridgehead atoms. The van der Waals surface area contributed by atoms with Crippen LogP contribution in [0.3, 0.4) is 0 Å². The summed E-state index contributed by atoms with van der Waals surface area (Å²) in [6, 6.07) is -1.49. The van der Waals surface area contributed by atoms with Crippen LogP contribution in [0.4, 0.5) is 4.39 Å². The molecule has 3 aliphatic heterocycles. The van der Waals surface area contributed by atoms with Crippen LogP contribution in [-0.2, 0) is 28.5 Å². The molecule has 0 aromatic carbocycles. The Bertz CT molecular complexity index is 843. The molecule has 3 rings (SSSR count). The van der Waals surface area contributed by atoms with Crippen molar-refractivity contribution >= 4 is 5.97 Å². The van der Waals surface area contributed by atoms with Crippen LogP contribution in [0.2, 0.25) is 0 Å². The minimum absolute atomic E-state index is 0.929. The van der Waals surface area contributed by atoms with Gasteiger partial charge in [0.15, 0.2) is 6.29 Å². The molecule has 0 spiro atoms. The third-order valence-electron chi connectivity index (χ3n) is 7.12. The fourth-order valence-corrected chi connectivity index (χ4v) is 4.75. The number of aliphatic hydroxyl groups excluding tert-OH is 10. The summed E-state index contributed by atoms with van der Waals surface area (Å²) in [7, 11) is 0. The molecule has 0 amide bonds. The number of alkyl halides is 1. The summed E-state index contributed by atoms with van der Waals surface area (Å²) in [5, 5.41) is 111. The Hall–Kier alpha value is -1.24. The number of halogens is 1. The smallest absolute Gasteiger partial charge is 0.364 e. The predicted molar refractivity (Wildman–Crippen MR) is 119 cm³/mol. The molecule has 3 fully saturated rings. The summed E-state index contributed by atoms with van der Waals surface area (Å²) in [5.41, 5.74) is 5.80. The number of rotatable bonds is 10. The van der Waals surface area contributed by atoms with E-state index in [2.05, 4.69) is 0 Å². The van der Waals surface area contributed by atoms with Crippen LogP contribution in [-0.4, -0.2) is 180 Å². The minimum Gasteiger partial charge on any atom is -0.477 e. The van der Waals surface area contributed by atoms with Crippen molar-refractivity contribution in [1.29, 1.82) is 0 Å². The average molecular weight is 594 g/mol. The molecule has 3 aliphatic rings. The minimum atomic E-state index is -2.95. The third-order valence-corrected chi connectivity index (χ3v) is 7.12. The van der Waals surface area contributed by atoms with Gasteiger partial charge in [0.05, 0.1) is 32.0 Å². The van der Waals surface area contributed by atoms with Gasteiger partial charge in [-0.25, -0.2) is 9.18 Å². The maximum atomic E-state index is 13.8. The second-order valence-electron chi connectivity index (χ2n) is 9.81. The van der Waals surface area contributed by atoms with Crippen molar-refractivity contribution in [2.24, 2.45) is 5.73 Å². The van der Waals surface area contributed by atoms with E-state index in [1.54, 1.807) is 0 Å². The molecule has 40 heavy (non-hydrogen) atoms. The Balaban J connectivity index is 1.90. The number of ether oxygens (including phenoxy) is 5. The fourth-order valence-electron chi connectivity index (χ4n) is 4.75. The molecule has 0 aliphatic carbocycles. The van der Waals surface area contributed by atoms with Gasteiger partial charge >= 0.3 is 5.97 Å². The maximum absolute atomic E-state index is 13.8. The molecule has 16 atom stereocenters. The number of aliphatic hydroxyl groups is 10. The maximum Gasteiger partial charge on any atom is 0.364 e. The zero-order chi connectivity index (χ0) is 30.1. The highest BCUT2D eigenvalue weighted by Crippen LogP contribution is 2.37. The predicted octanol–water partition coefficient (Wildman–Crippen LogP) is -7.42. The monoisotopic (exact) mass is 593 g/mol. The molecular weight excluding hydrogens is 557 g/mol. The van der Waals surface area contributed by atoms with Crippen LogP contribution >= 0.6 is 0 Å². The van der Waals surface area contributed by atoms with Gasteiger partial charge in [-0.05, 0) is 0 Å². The molecular formula is C21H36FNO17. The second kappa shape index (κ2) is 13.4. The summed E-state index contributed by atoms with van der Waals surface area (Å²) in [4.78, 5) is 12.4. The van der Waals surface area contributed by atoms with Crippen LogP contribution in [0, 0.1) is 0 Å². The van der Waals surface area contributed by atoms with E-state index in [9.17, 15) is 60.3 Å². The van der Waals surface area contributed by atoms with E-state index in [0.29, 0.717) is 0 Å². The zero-order valence-corrected chi connectivity index (χ0v) is 20.8. The summed E-state index contributed by atoms with van der Waals surface area (Å²) in [6.07, 6.45) is -28.3. The van der Waals surface area contributed by atoms with Crippen molar-refractivity contribution in [1.82, 2.24) is 0 Å².